The van der Waals surface area contributed by atoms with Crippen molar-refractivity contribution < 1.29 is 0 Å². The second-order valence-electron chi connectivity index (χ2n) is 12.4. The van der Waals surface area contributed by atoms with Crippen molar-refractivity contribution in [2.24, 2.45) is 0 Å². The summed E-state index contributed by atoms with van der Waals surface area (Å²) in [5.74, 6) is 2.53. The molecule has 0 bridgehead atoms. The average molecular weight is 701 g/mol. The van der Waals surface area contributed by atoms with Gasteiger partial charge in [0.2, 0.25) is 0 Å². The van der Waals surface area contributed by atoms with Gasteiger partial charge < -0.3 is 0 Å². The van der Waals surface area contributed by atoms with Crippen molar-refractivity contribution >= 4 is 63.1 Å². The van der Waals surface area contributed by atoms with Crippen molar-refractivity contribution in [1.82, 2.24) is 24.9 Å². The fourth-order valence-corrected chi connectivity index (χ4v) is 8.95. The molecule has 10 aromatic rings. The Hall–Kier alpha value is -6.66. The molecule has 10 rings (SSSR count). The van der Waals surface area contributed by atoms with Crippen molar-refractivity contribution in [3.05, 3.63) is 151 Å². The third kappa shape index (κ3) is 5.11. The summed E-state index contributed by atoms with van der Waals surface area (Å²) in [7, 11) is 0. The number of rotatable bonds is 5. The minimum absolute atomic E-state index is 0.589. The van der Waals surface area contributed by atoms with E-state index in [0.717, 1.165) is 69.3 Å². The second kappa shape index (κ2) is 12.3. The third-order valence-electron chi connectivity index (χ3n) is 9.21. The van der Waals surface area contributed by atoms with Crippen molar-refractivity contribution in [2.75, 3.05) is 0 Å². The molecule has 0 N–H and O–H groups in total. The van der Waals surface area contributed by atoms with Gasteiger partial charge in [0, 0.05) is 58.1 Å². The van der Waals surface area contributed by atoms with Crippen LogP contribution >= 0.6 is 22.7 Å². The molecule has 0 spiro atoms. The van der Waals surface area contributed by atoms with Crippen LogP contribution in [0, 0.1) is 11.3 Å². The molecule has 0 saturated carbocycles. The Morgan fingerprint density at radius 1 is 0.423 bits per heavy atom. The lowest BCUT2D eigenvalue weighted by Gasteiger charge is -2.09. The van der Waals surface area contributed by atoms with Crippen molar-refractivity contribution in [3.63, 3.8) is 0 Å². The minimum atomic E-state index is 0.589. The van der Waals surface area contributed by atoms with Crippen LogP contribution in [0.5, 0.6) is 0 Å². The fraction of sp³-hybridized carbons (Fsp3) is 0. The summed E-state index contributed by atoms with van der Waals surface area (Å²) in [4.78, 5) is 25.1. The number of hydrogen-bond acceptors (Lipinski definition) is 8. The highest BCUT2D eigenvalue weighted by molar-refractivity contribution is 7.26. The van der Waals surface area contributed by atoms with Gasteiger partial charge in [-0.05, 0) is 36.4 Å². The van der Waals surface area contributed by atoms with Gasteiger partial charge in [-0.15, -0.1) is 22.7 Å². The molecule has 8 heteroatoms. The molecule has 0 aliphatic rings. The smallest absolute Gasteiger partial charge is 0.164 e. The van der Waals surface area contributed by atoms with Gasteiger partial charge in [-0.3, -0.25) is 0 Å². The van der Waals surface area contributed by atoms with E-state index in [0.29, 0.717) is 28.9 Å². The Balaban J connectivity index is 1.12. The Morgan fingerprint density at radius 3 is 1.77 bits per heavy atom. The maximum atomic E-state index is 10.00. The van der Waals surface area contributed by atoms with E-state index >= 15 is 0 Å². The van der Waals surface area contributed by atoms with Crippen LogP contribution in [-0.2, 0) is 0 Å². The van der Waals surface area contributed by atoms with Crippen LogP contribution in [0.1, 0.15) is 5.56 Å². The molecule has 4 aromatic heterocycles. The molecule has 0 atom stereocenters. The maximum Gasteiger partial charge on any atom is 0.164 e. The van der Waals surface area contributed by atoms with Crippen LogP contribution in [0.3, 0.4) is 0 Å². The molecular weight excluding hydrogens is 677 g/mol. The topological polar surface area (TPSA) is 88.2 Å². The van der Waals surface area contributed by atoms with E-state index in [9.17, 15) is 5.26 Å². The summed E-state index contributed by atoms with van der Waals surface area (Å²) < 4.78 is 4.42. The molecule has 0 amide bonds. The first-order valence-corrected chi connectivity index (χ1v) is 18.4. The Labute approximate surface area is 306 Å². The number of hydrogen-bond donors (Lipinski definition) is 0. The molecule has 0 saturated heterocycles. The normalized spacial score (nSPS) is 11.4. The van der Waals surface area contributed by atoms with Crippen LogP contribution < -0.4 is 0 Å². The average Bonchev–Trinajstić information content (AvgIpc) is 3.78. The molecule has 4 heterocycles. The highest BCUT2D eigenvalue weighted by Crippen LogP contribution is 2.42. The van der Waals surface area contributed by atoms with E-state index in [1.807, 2.05) is 97.1 Å². The summed E-state index contributed by atoms with van der Waals surface area (Å²) in [6.07, 6.45) is 0. The molecule has 52 heavy (non-hydrogen) atoms. The van der Waals surface area contributed by atoms with Crippen LogP contribution in [0.25, 0.3) is 97.3 Å². The molecule has 6 nitrogen and oxygen atoms in total. The lowest BCUT2D eigenvalue weighted by Crippen LogP contribution is -1.99. The first-order valence-electron chi connectivity index (χ1n) is 16.7. The molecule has 0 radical (unpaired) electrons. The van der Waals surface area contributed by atoms with Gasteiger partial charge in [-0.2, -0.15) is 5.26 Å². The number of thiophene rings is 2. The van der Waals surface area contributed by atoms with E-state index in [2.05, 4.69) is 54.6 Å². The van der Waals surface area contributed by atoms with Crippen LogP contribution in [-0.4, -0.2) is 24.9 Å². The molecular formula is C44H24N6S2. The lowest BCUT2D eigenvalue weighted by molar-refractivity contribution is 1.07. The molecule has 0 fully saturated rings. The van der Waals surface area contributed by atoms with E-state index in [1.165, 1.54) is 4.70 Å². The molecule has 6 aromatic carbocycles. The number of benzene rings is 6. The monoisotopic (exact) mass is 700 g/mol. The van der Waals surface area contributed by atoms with E-state index in [1.54, 1.807) is 22.7 Å². The highest BCUT2D eigenvalue weighted by atomic mass is 32.1. The third-order valence-corrected chi connectivity index (χ3v) is 11.5. The van der Waals surface area contributed by atoms with Crippen molar-refractivity contribution in [2.45, 2.75) is 0 Å². The summed E-state index contributed by atoms with van der Waals surface area (Å²) in [6, 6.07) is 51.2. The van der Waals surface area contributed by atoms with E-state index in [4.69, 9.17) is 24.9 Å². The summed E-state index contributed by atoms with van der Waals surface area (Å²) in [5, 5.41) is 13.4. The summed E-state index contributed by atoms with van der Waals surface area (Å²) >= 11 is 3.40. The SMILES string of the molecule is N#Cc1ccccc1-c1nc(-c2ccc3sc4cc(-c5nc(-c6ccccc6)nc(-c6ccccc6)n5)ccc4c3c2)nc2c1sc1ccccc12. The second-order valence-corrected chi connectivity index (χ2v) is 14.5. The van der Waals surface area contributed by atoms with Gasteiger partial charge >= 0.3 is 0 Å². The molecule has 242 valence electrons. The maximum absolute atomic E-state index is 10.00. The lowest BCUT2D eigenvalue weighted by atomic mass is 10.0. The van der Waals surface area contributed by atoms with Crippen molar-refractivity contribution in [3.8, 4) is 62.9 Å². The molecule has 0 unspecified atom stereocenters. The van der Waals surface area contributed by atoms with Crippen LogP contribution in [0.4, 0.5) is 0 Å². The largest absolute Gasteiger partial charge is 0.226 e. The Morgan fingerprint density at radius 2 is 1.02 bits per heavy atom. The highest BCUT2D eigenvalue weighted by Gasteiger charge is 2.19. The van der Waals surface area contributed by atoms with Gasteiger partial charge in [0.05, 0.1) is 27.5 Å². The Bertz CT molecular complexity index is 2980. The fourth-order valence-electron chi connectivity index (χ4n) is 6.68. The van der Waals surface area contributed by atoms with Gasteiger partial charge in [-0.1, -0.05) is 109 Å². The van der Waals surface area contributed by atoms with Gasteiger partial charge in [-0.25, -0.2) is 24.9 Å². The minimum Gasteiger partial charge on any atom is -0.226 e. The van der Waals surface area contributed by atoms with Gasteiger partial charge in [0.1, 0.15) is 0 Å². The van der Waals surface area contributed by atoms with E-state index in [-0.39, 0.29) is 0 Å². The van der Waals surface area contributed by atoms with Gasteiger partial charge in [0.25, 0.3) is 0 Å². The van der Waals surface area contributed by atoms with Crippen LogP contribution in [0.15, 0.2) is 146 Å². The number of aromatic nitrogens is 5. The summed E-state index contributed by atoms with van der Waals surface area (Å²) in [5.41, 5.74) is 6.80. The Kier molecular flexibility index (Phi) is 7.13. The molecule has 0 aliphatic heterocycles. The zero-order chi connectivity index (χ0) is 34.6. The first-order chi connectivity index (χ1) is 25.7. The molecule has 0 aliphatic carbocycles. The first kappa shape index (κ1) is 30.2. The zero-order valence-corrected chi connectivity index (χ0v) is 29.0. The predicted molar refractivity (Wildman–Crippen MR) is 213 cm³/mol. The van der Waals surface area contributed by atoms with Crippen LogP contribution in [0.2, 0.25) is 0 Å². The number of nitriles is 1. The number of nitrogens with zero attached hydrogens (tertiary/aromatic N) is 6. The van der Waals surface area contributed by atoms with Gasteiger partial charge in [0.15, 0.2) is 23.3 Å². The predicted octanol–water partition coefficient (Wildman–Crippen LogP) is 11.6. The zero-order valence-electron chi connectivity index (χ0n) is 27.4. The number of fused-ring (bicyclic) bond motifs is 6. The van der Waals surface area contributed by atoms with E-state index < -0.39 is 0 Å². The van der Waals surface area contributed by atoms with Crippen molar-refractivity contribution in [1.29, 1.82) is 5.26 Å². The quantitative estimate of drug-likeness (QED) is 0.178. The standard InChI is InChI=1S/C44H24N6S2/c45-25-30-15-7-8-16-31(30)38-40-39(33-17-9-10-18-35(33)52-40)47-43(46-38)28-20-22-36-34(23-28)32-21-19-29(24-37(32)51-36)44-49-41(26-11-3-1-4-12-26)48-42(50-44)27-13-5-2-6-14-27/h1-24H. The summed E-state index contributed by atoms with van der Waals surface area (Å²) in [6.45, 7) is 0.